The Bertz CT molecular complexity index is 459. The van der Waals surface area contributed by atoms with Crippen LogP contribution in [0, 0.1) is 17.6 Å². The van der Waals surface area contributed by atoms with Crippen LogP contribution in [0.5, 0.6) is 0 Å². The SMILES string of the molecule is O=C(c1ccc(F)c(F)c1)C1CCN(CCCl)CC1. The van der Waals surface area contributed by atoms with Gasteiger partial charge in [0.15, 0.2) is 17.4 Å². The second kappa shape index (κ2) is 6.44. The second-order valence-electron chi connectivity index (χ2n) is 4.80. The van der Waals surface area contributed by atoms with Crippen LogP contribution in [0.15, 0.2) is 18.2 Å². The molecule has 19 heavy (non-hydrogen) atoms. The van der Waals surface area contributed by atoms with Gasteiger partial charge in [-0.05, 0) is 44.1 Å². The van der Waals surface area contributed by atoms with Crippen molar-refractivity contribution < 1.29 is 13.6 Å². The van der Waals surface area contributed by atoms with Crippen molar-refractivity contribution in [2.75, 3.05) is 25.5 Å². The highest BCUT2D eigenvalue weighted by molar-refractivity contribution is 6.18. The van der Waals surface area contributed by atoms with E-state index in [1.807, 2.05) is 0 Å². The van der Waals surface area contributed by atoms with Gasteiger partial charge < -0.3 is 4.90 Å². The molecule has 0 aromatic heterocycles. The molecule has 1 heterocycles. The number of nitrogens with zero attached hydrogens (tertiary/aromatic N) is 1. The maximum atomic E-state index is 13.1. The summed E-state index contributed by atoms with van der Waals surface area (Å²) in [6.07, 6.45) is 1.49. The lowest BCUT2D eigenvalue weighted by Crippen LogP contribution is -2.37. The number of rotatable bonds is 4. The van der Waals surface area contributed by atoms with Crippen LogP contribution in [0.4, 0.5) is 8.78 Å². The van der Waals surface area contributed by atoms with Gasteiger partial charge >= 0.3 is 0 Å². The van der Waals surface area contributed by atoms with Gasteiger partial charge in [0, 0.05) is 23.9 Å². The number of hydrogen-bond donors (Lipinski definition) is 0. The predicted molar refractivity (Wildman–Crippen MR) is 70.6 cm³/mol. The molecule has 1 saturated heterocycles. The number of carbonyl (C=O) groups is 1. The Kier molecular flexibility index (Phi) is 4.88. The topological polar surface area (TPSA) is 20.3 Å². The maximum absolute atomic E-state index is 13.1. The van der Waals surface area contributed by atoms with Crippen molar-refractivity contribution in [3.63, 3.8) is 0 Å². The summed E-state index contributed by atoms with van der Waals surface area (Å²) in [6.45, 7) is 2.48. The summed E-state index contributed by atoms with van der Waals surface area (Å²) >= 11 is 5.68. The van der Waals surface area contributed by atoms with Crippen molar-refractivity contribution in [2.24, 2.45) is 5.92 Å². The van der Waals surface area contributed by atoms with Crippen LogP contribution in [-0.2, 0) is 0 Å². The Morgan fingerprint density at radius 3 is 2.53 bits per heavy atom. The predicted octanol–water partition coefficient (Wildman–Crippen LogP) is 3.10. The number of Topliss-reactive ketones (excluding diaryl/α,β-unsaturated/α-hetero) is 1. The van der Waals surface area contributed by atoms with E-state index in [-0.39, 0.29) is 17.3 Å². The van der Waals surface area contributed by atoms with E-state index in [0.717, 1.165) is 44.6 Å². The molecule has 2 nitrogen and oxygen atoms in total. The molecular weight excluding hydrogens is 272 g/mol. The van der Waals surface area contributed by atoms with Crippen molar-refractivity contribution >= 4 is 17.4 Å². The average Bonchev–Trinajstić information content (AvgIpc) is 2.42. The summed E-state index contributed by atoms with van der Waals surface area (Å²) in [6, 6.07) is 3.35. The molecule has 1 aliphatic rings. The van der Waals surface area contributed by atoms with Crippen LogP contribution in [0.3, 0.4) is 0 Å². The first-order valence-corrected chi connectivity index (χ1v) is 6.93. The Morgan fingerprint density at radius 2 is 1.95 bits per heavy atom. The van der Waals surface area contributed by atoms with Gasteiger partial charge in [-0.3, -0.25) is 4.79 Å². The summed E-state index contributed by atoms with van der Waals surface area (Å²) < 4.78 is 26.0. The van der Waals surface area contributed by atoms with Gasteiger partial charge in [0.25, 0.3) is 0 Å². The fourth-order valence-corrected chi connectivity index (χ4v) is 2.66. The van der Waals surface area contributed by atoms with Crippen LogP contribution in [-0.4, -0.2) is 36.2 Å². The average molecular weight is 288 g/mol. The number of piperidine rings is 1. The van der Waals surface area contributed by atoms with Gasteiger partial charge in [0.2, 0.25) is 0 Å². The minimum atomic E-state index is -0.967. The van der Waals surface area contributed by atoms with Crippen molar-refractivity contribution in [1.82, 2.24) is 4.90 Å². The van der Waals surface area contributed by atoms with E-state index in [1.54, 1.807) is 0 Å². The van der Waals surface area contributed by atoms with Gasteiger partial charge in [-0.15, -0.1) is 11.6 Å². The Balaban J connectivity index is 1.99. The van der Waals surface area contributed by atoms with Crippen molar-refractivity contribution in [3.8, 4) is 0 Å². The first-order chi connectivity index (χ1) is 9.11. The van der Waals surface area contributed by atoms with Gasteiger partial charge in [0.05, 0.1) is 0 Å². The fourth-order valence-electron chi connectivity index (χ4n) is 2.42. The monoisotopic (exact) mass is 287 g/mol. The Morgan fingerprint density at radius 1 is 1.26 bits per heavy atom. The van der Waals surface area contributed by atoms with Crippen LogP contribution in [0.2, 0.25) is 0 Å². The largest absolute Gasteiger partial charge is 0.302 e. The fraction of sp³-hybridized carbons (Fsp3) is 0.500. The molecular formula is C14H16ClF2NO. The number of ketones is 1. The van der Waals surface area contributed by atoms with E-state index in [0.29, 0.717) is 5.88 Å². The third kappa shape index (κ3) is 3.51. The molecule has 0 atom stereocenters. The van der Waals surface area contributed by atoms with Crippen LogP contribution in [0.1, 0.15) is 23.2 Å². The van der Waals surface area contributed by atoms with Crippen LogP contribution in [0.25, 0.3) is 0 Å². The van der Waals surface area contributed by atoms with E-state index in [2.05, 4.69) is 4.90 Å². The maximum Gasteiger partial charge on any atom is 0.166 e. The second-order valence-corrected chi connectivity index (χ2v) is 5.18. The highest BCUT2D eigenvalue weighted by atomic mass is 35.5. The molecule has 0 radical (unpaired) electrons. The number of benzene rings is 1. The van der Waals surface area contributed by atoms with Crippen LogP contribution < -0.4 is 0 Å². The molecule has 1 aromatic rings. The van der Waals surface area contributed by atoms with Gasteiger partial charge in [-0.1, -0.05) is 0 Å². The standard InChI is InChI=1S/C14H16ClF2NO/c15-5-8-18-6-3-10(4-7-18)14(19)11-1-2-12(16)13(17)9-11/h1-2,9-10H,3-8H2. The summed E-state index contributed by atoms with van der Waals surface area (Å²) in [5, 5.41) is 0. The Labute approximate surface area is 116 Å². The zero-order valence-corrected chi connectivity index (χ0v) is 11.3. The third-order valence-electron chi connectivity index (χ3n) is 3.56. The summed E-state index contributed by atoms with van der Waals surface area (Å²) in [5.74, 6) is -1.50. The van der Waals surface area contributed by atoms with Crippen molar-refractivity contribution in [1.29, 1.82) is 0 Å². The van der Waals surface area contributed by atoms with E-state index in [4.69, 9.17) is 11.6 Å². The molecule has 1 fully saturated rings. The van der Waals surface area contributed by atoms with E-state index in [1.165, 1.54) is 6.07 Å². The smallest absolute Gasteiger partial charge is 0.166 e. The molecule has 104 valence electrons. The molecule has 0 N–H and O–H groups in total. The van der Waals surface area contributed by atoms with Gasteiger partial charge in [0.1, 0.15) is 0 Å². The quantitative estimate of drug-likeness (QED) is 0.626. The van der Waals surface area contributed by atoms with Gasteiger partial charge in [-0.2, -0.15) is 0 Å². The third-order valence-corrected chi connectivity index (χ3v) is 3.73. The lowest BCUT2D eigenvalue weighted by molar-refractivity contribution is 0.0844. The normalized spacial score (nSPS) is 17.6. The number of alkyl halides is 1. The minimum Gasteiger partial charge on any atom is -0.302 e. The number of likely N-dealkylation sites (tertiary alicyclic amines) is 1. The molecule has 1 aromatic carbocycles. The molecule has 0 aliphatic carbocycles. The number of hydrogen-bond acceptors (Lipinski definition) is 2. The molecule has 0 bridgehead atoms. The first kappa shape index (κ1) is 14.4. The van der Waals surface area contributed by atoms with E-state index >= 15 is 0 Å². The summed E-state index contributed by atoms with van der Waals surface area (Å²) in [7, 11) is 0. The highest BCUT2D eigenvalue weighted by Crippen LogP contribution is 2.22. The van der Waals surface area contributed by atoms with Crippen LogP contribution >= 0.6 is 11.6 Å². The van der Waals surface area contributed by atoms with Gasteiger partial charge in [-0.25, -0.2) is 8.78 Å². The van der Waals surface area contributed by atoms with Crippen molar-refractivity contribution in [3.05, 3.63) is 35.4 Å². The zero-order valence-electron chi connectivity index (χ0n) is 10.5. The lowest BCUT2D eigenvalue weighted by Gasteiger charge is -2.30. The summed E-state index contributed by atoms with van der Waals surface area (Å²) in [5.41, 5.74) is 0.259. The summed E-state index contributed by atoms with van der Waals surface area (Å²) in [4.78, 5) is 14.4. The molecule has 0 saturated carbocycles. The number of halogens is 3. The molecule has 0 unspecified atom stereocenters. The highest BCUT2D eigenvalue weighted by Gasteiger charge is 2.25. The first-order valence-electron chi connectivity index (χ1n) is 6.39. The molecule has 1 aliphatic heterocycles. The minimum absolute atomic E-state index is 0.0931. The van der Waals surface area contributed by atoms with E-state index < -0.39 is 11.6 Å². The number of carbonyl (C=O) groups excluding carboxylic acids is 1. The lowest BCUT2D eigenvalue weighted by atomic mass is 9.89. The molecule has 2 rings (SSSR count). The van der Waals surface area contributed by atoms with Crippen molar-refractivity contribution in [2.45, 2.75) is 12.8 Å². The Hall–Kier alpha value is -1.00. The molecule has 0 spiro atoms. The molecule has 0 amide bonds. The molecule has 5 heteroatoms. The van der Waals surface area contributed by atoms with E-state index in [9.17, 15) is 13.6 Å². The zero-order chi connectivity index (χ0) is 13.8.